The van der Waals surface area contributed by atoms with Gasteiger partial charge in [0.15, 0.2) is 8.32 Å². The molecular weight excluding hydrogens is 298 g/mol. The summed E-state index contributed by atoms with van der Waals surface area (Å²) in [6, 6.07) is -0.454. The quantitative estimate of drug-likeness (QED) is 0.586. The van der Waals surface area contributed by atoms with Crippen LogP contribution in [0.2, 0.25) is 18.1 Å². The van der Waals surface area contributed by atoms with Gasteiger partial charge in [-0.25, -0.2) is 4.79 Å². The van der Waals surface area contributed by atoms with Crippen LogP contribution in [-0.4, -0.2) is 49.9 Å². The van der Waals surface area contributed by atoms with Gasteiger partial charge in [-0.2, -0.15) is 0 Å². The SMILES string of the molecule is CC(C)(C)OC(=O)N1CC(O[Si](C)(C)C(C)(C)C)CC1C=O. The number of amides is 1. The fraction of sp³-hybridized carbons (Fsp3) is 0.875. The summed E-state index contributed by atoms with van der Waals surface area (Å²) < 4.78 is 11.7. The molecule has 0 aromatic carbocycles. The highest BCUT2D eigenvalue weighted by Crippen LogP contribution is 2.38. The summed E-state index contributed by atoms with van der Waals surface area (Å²) in [5.41, 5.74) is -0.567. The molecule has 0 spiro atoms. The van der Waals surface area contributed by atoms with E-state index in [2.05, 4.69) is 33.9 Å². The second-order valence-electron chi connectivity index (χ2n) is 8.57. The van der Waals surface area contributed by atoms with Crippen molar-refractivity contribution in [2.24, 2.45) is 0 Å². The van der Waals surface area contributed by atoms with E-state index in [0.717, 1.165) is 6.29 Å². The van der Waals surface area contributed by atoms with Crippen molar-refractivity contribution in [1.29, 1.82) is 0 Å². The first kappa shape index (κ1) is 19.2. The summed E-state index contributed by atoms with van der Waals surface area (Å²) in [6.07, 6.45) is 0.836. The Hall–Kier alpha value is -0.883. The minimum atomic E-state index is -1.92. The van der Waals surface area contributed by atoms with Crippen LogP contribution in [0.15, 0.2) is 0 Å². The number of carbonyl (C=O) groups is 2. The monoisotopic (exact) mass is 329 g/mol. The molecule has 0 aromatic rings. The van der Waals surface area contributed by atoms with E-state index >= 15 is 0 Å². The lowest BCUT2D eigenvalue weighted by Crippen LogP contribution is -2.45. The van der Waals surface area contributed by atoms with Gasteiger partial charge in [0.2, 0.25) is 0 Å². The second-order valence-corrected chi connectivity index (χ2v) is 13.3. The second kappa shape index (κ2) is 6.32. The van der Waals surface area contributed by atoms with Crippen molar-refractivity contribution in [3.63, 3.8) is 0 Å². The zero-order valence-corrected chi connectivity index (χ0v) is 16.2. The van der Waals surface area contributed by atoms with Crippen molar-refractivity contribution in [2.75, 3.05) is 6.54 Å². The molecule has 1 saturated heterocycles. The normalized spacial score (nSPS) is 23.5. The highest BCUT2D eigenvalue weighted by atomic mass is 28.4. The zero-order chi connectivity index (χ0) is 17.3. The van der Waals surface area contributed by atoms with Gasteiger partial charge in [0.1, 0.15) is 11.9 Å². The fourth-order valence-electron chi connectivity index (χ4n) is 2.16. The van der Waals surface area contributed by atoms with E-state index in [1.54, 1.807) is 0 Å². The lowest BCUT2D eigenvalue weighted by atomic mass is 10.2. The summed E-state index contributed by atoms with van der Waals surface area (Å²) in [6.45, 7) is 16.8. The molecule has 1 fully saturated rings. The number of aldehydes is 1. The van der Waals surface area contributed by atoms with Gasteiger partial charge in [0.25, 0.3) is 0 Å². The highest BCUT2D eigenvalue weighted by Gasteiger charge is 2.44. The summed E-state index contributed by atoms with van der Waals surface area (Å²) in [7, 11) is -1.92. The molecule has 1 heterocycles. The van der Waals surface area contributed by atoms with Crippen LogP contribution < -0.4 is 0 Å². The van der Waals surface area contributed by atoms with Gasteiger partial charge in [0, 0.05) is 13.0 Å². The van der Waals surface area contributed by atoms with Gasteiger partial charge in [-0.1, -0.05) is 20.8 Å². The Labute approximate surface area is 135 Å². The molecule has 0 saturated carbocycles. The minimum Gasteiger partial charge on any atom is -0.444 e. The summed E-state index contributed by atoms with van der Waals surface area (Å²) in [4.78, 5) is 25.0. The highest BCUT2D eigenvalue weighted by molar-refractivity contribution is 6.74. The third-order valence-electron chi connectivity index (χ3n) is 4.36. The predicted octanol–water partition coefficient (Wildman–Crippen LogP) is 3.59. The van der Waals surface area contributed by atoms with Crippen LogP contribution in [0, 0.1) is 0 Å². The largest absolute Gasteiger partial charge is 0.444 e. The van der Waals surface area contributed by atoms with Crippen LogP contribution in [-0.2, 0) is 14.0 Å². The Morgan fingerprint density at radius 1 is 1.18 bits per heavy atom. The molecule has 1 amide bonds. The van der Waals surface area contributed by atoms with Crippen molar-refractivity contribution < 1.29 is 18.8 Å². The zero-order valence-electron chi connectivity index (χ0n) is 15.2. The third-order valence-corrected chi connectivity index (χ3v) is 8.89. The molecule has 1 aliphatic rings. The number of hydrogen-bond acceptors (Lipinski definition) is 4. The van der Waals surface area contributed by atoms with Crippen molar-refractivity contribution >= 4 is 20.7 Å². The topological polar surface area (TPSA) is 55.8 Å². The first-order valence-electron chi connectivity index (χ1n) is 7.89. The Bertz CT molecular complexity index is 423. The lowest BCUT2D eigenvalue weighted by Gasteiger charge is -2.38. The molecule has 128 valence electrons. The number of rotatable bonds is 3. The minimum absolute atomic E-state index is 0.0939. The van der Waals surface area contributed by atoms with Gasteiger partial charge < -0.3 is 14.0 Å². The fourth-order valence-corrected chi connectivity index (χ4v) is 3.52. The van der Waals surface area contributed by atoms with Crippen LogP contribution in [0.3, 0.4) is 0 Å². The molecule has 1 rings (SSSR count). The molecule has 0 bridgehead atoms. The van der Waals surface area contributed by atoms with Crippen molar-refractivity contribution in [3.05, 3.63) is 0 Å². The molecule has 2 atom stereocenters. The molecule has 6 heteroatoms. The van der Waals surface area contributed by atoms with Gasteiger partial charge in [-0.05, 0) is 38.9 Å². The number of nitrogens with zero attached hydrogens (tertiary/aromatic N) is 1. The summed E-state index contributed by atoms with van der Waals surface area (Å²) >= 11 is 0. The third kappa shape index (κ3) is 4.81. The molecule has 0 N–H and O–H groups in total. The van der Waals surface area contributed by atoms with Gasteiger partial charge in [-0.15, -0.1) is 0 Å². The molecule has 22 heavy (non-hydrogen) atoms. The molecule has 1 aliphatic heterocycles. The van der Waals surface area contributed by atoms with E-state index in [4.69, 9.17) is 9.16 Å². The van der Waals surface area contributed by atoms with Crippen LogP contribution in [0.25, 0.3) is 0 Å². The first-order chi connectivity index (χ1) is 9.77. The lowest BCUT2D eigenvalue weighted by molar-refractivity contribution is -0.111. The number of likely N-dealkylation sites (tertiary alicyclic amines) is 1. The molecule has 5 nitrogen and oxygen atoms in total. The van der Waals surface area contributed by atoms with Crippen molar-refractivity contribution in [3.8, 4) is 0 Å². The molecule has 0 radical (unpaired) electrons. The average molecular weight is 330 g/mol. The smallest absolute Gasteiger partial charge is 0.410 e. The van der Waals surface area contributed by atoms with Gasteiger partial charge in [0.05, 0.1) is 12.1 Å². The maximum Gasteiger partial charge on any atom is 0.410 e. The van der Waals surface area contributed by atoms with Gasteiger partial charge >= 0.3 is 6.09 Å². The van der Waals surface area contributed by atoms with Crippen LogP contribution in [0.4, 0.5) is 4.79 Å². The van der Waals surface area contributed by atoms with E-state index in [1.165, 1.54) is 4.90 Å². The Balaban J connectivity index is 2.77. The Morgan fingerprint density at radius 3 is 2.14 bits per heavy atom. The summed E-state index contributed by atoms with van der Waals surface area (Å²) in [5.74, 6) is 0. The molecule has 0 aliphatic carbocycles. The van der Waals surface area contributed by atoms with E-state index in [0.29, 0.717) is 13.0 Å². The maximum absolute atomic E-state index is 12.2. The van der Waals surface area contributed by atoms with E-state index in [1.807, 2.05) is 20.8 Å². The van der Waals surface area contributed by atoms with Crippen molar-refractivity contribution in [1.82, 2.24) is 4.90 Å². The van der Waals surface area contributed by atoms with Crippen LogP contribution >= 0.6 is 0 Å². The van der Waals surface area contributed by atoms with E-state index in [9.17, 15) is 9.59 Å². The first-order valence-corrected chi connectivity index (χ1v) is 10.8. The Kier molecular flexibility index (Phi) is 5.50. The molecule has 0 aromatic heterocycles. The van der Waals surface area contributed by atoms with Crippen LogP contribution in [0.5, 0.6) is 0 Å². The number of ether oxygens (including phenoxy) is 1. The standard InChI is InChI=1S/C16H31NO4Si/c1-15(2,3)20-14(19)17-10-13(9-12(17)11-18)21-22(7,8)16(4,5)6/h11-13H,9-10H2,1-8H3. The van der Waals surface area contributed by atoms with E-state index < -0.39 is 26.1 Å². The van der Waals surface area contributed by atoms with Crippen molar-refractivity contribution in [2.45, 2.75) is 83.8 Å². The average Bonchev–Trinajstić information content (AvgIpc) is 2.67. The predicted molar refractivity (Wildman–Crippen MR) is 89.5 cm³/mol. The molecular formula is C16H31NO4Si. The van der Waals surface area contributed by atoms with Gasteiger partial charge in [-0.3, -0.25) is 4.90 Å². The summed E-state index contributed by atoms with van der Waals surface area (Å²) in [5, 5.41) is 0.100. The number of carbonyl (C=O) groups excluding carboxylic acids is 2. The Morgan fingerprint density at radius 2 is 1.73 bits per heavy atom. The van der Waals surface area contributed by atoms with Crippen LogP contribution in [0.1, 0.15) is 48.0 Å². The number of hydrogen-bond donors (Lipinski definition) is 0. The van der Waals surface area contributed by atoms with E-state index in [-0.39, 0.29) is 11.1 Å². The maximum atomic E-state index is 12.2. The molecule has 2 unspecified atom stereocenters.